The highest BCUT2D eigenvalue weighted by molar-refractivity contribution is 5.86. The fraction of sp³-hybridized carbons (Fsp3) is 0.222. The minimum atomic E-state index is -0.479. The fourth-order valence-corrected chi connectivity index (χ4v) is 3.30. The van der Waals surface area contributed by atoms with E-state index in [1.54, 1.807) is 13.0 Å². The zero-order chi connectivity index (χ0) is 22.9. The first-order valence-corrected chi connectivity index (χ1v) is 10.5. The maximum atomic E-state index is 15.1. The lowest BCUT2D eigenvalue weighted by Crippen LogP contribution is -2.13. The molecule has 0 spiro atoms. The Balaban J connectivity index is 1.85. The summed E-state index contributed by atoms with van der Waals surface area (Å²) in [6.45, 7) is 5.39. The maximum absolute atomic E-state index is 15.1. The summed E-state index contributed by atoms with van der Waals surface area (Å²) in [5.41, 5.74) is 4.05. The summed E-state index contributed by atoms with van der Waals surface area (Å²) in [5.74, 6) is -0.334. The van der Waals surface area contributed by atoms with E-state index in [0.717, 1.165) is 16.7 Å². The van der Waals surface area contributed by atoms with Crippen LogP contribution in [-0.2, 0) is 16.0 Å². The Morgan fingerprint density at radius 3 is 2.41 bits per heavy atom. The number of hydrogen-bond donors (Lipinski definition) is 1. The largest absolute Gasteiger partial charge is 0.489 e. The molecular formula is C27H27FO4. The number of aryl methyl sites for hydroxylation is 1. The summed E-state index contributed by atoms with van der Waals surface area (Å²) in [4.78, 5) is 11.6. The van der Waals surface area contributed by atoms with E-state index in [4.69, 9.17) is 14.6 Å². The number of hydrogen-bond acceptors (Lipinski definition) is 4. The maximum Gasteiger partial charge on any atom is 0.333 e. The molecule has 3 aromatic rings. The molecule has 0 bridgehead atoms. The summed E-state index contributed by atoms with van der Waals surface area (Å²) in [6, 6.07) is 20.3. The average Bonchev–Trinajstić information content (AvgIpc) is 2.81. The van der Waals surface area contributed by atoms with E-state index in [9.17, 15) is 4.79 Å². The van der Waals surface area contributed by atoms with Crippen LogP contribution in [0.4, 0.5) is 4.39 Å². The van der Waals surface area contributed by atoms with E-state index in [1.165, 1.54) is 6.07 Å². The lowest BCUT2D eigenvalue weighted by atomic mass is 9.97. The van der Waals surface area contributed by atoms with Crippen molar-refractivity contribution in [2.75, 3.05) is 19.8 Å². The topological polar surface area (TPSA) is 55.8 Å². The first kappa shape index (κ1) is 23.2. The van der Waals surface area contributed by atoms with Gasteiger partial charge in [-0.3, -0.25) is 0 Å². The van der Waals surface area contributed by atoms with E-state index in [0.29, 0.717) is 35.3 Å². The molecule has 0 radical (unpaired) electrons. The van der Waals surface area contributed by atoms with Gasteiger partial charge in [-0.25, -0.2) is 9.18 Å². The molecule has 5 heteroatoms. The number of benzene rings is 3. The number of ether oxygens (including phenoxy) is 2. The van der Waals surface area contributed by atoms with Gasteiger partial charge in [0.1, 0.15) is 24.8 Å². The Labute approximate surface area is 187 Å². The van der Waals surface area contributed by atoms with Crippen LogP contribution in [0.15, 0.2) is 78.9 Å². The van der Waals surface area contributed by atoms with Crippen LogP contribution in [0.2, 0.25) is 0 Å². The summed E-state index contributed by atoms with van der Waals surface area (Å²) >= 11 is 0. The normalized spacial score (nSPS) is 10.6. The quantitative estimate of drug-likeness (QED) is 0.257. The number of rotatable bonds is 10. The summed E-state index contributed by atoms with van der Waals surface area (Å²) < 4.78 is 26.1. The molecule has 3 rings (SSSR count). The molecule has 0 aliphatic heterocycles. The minimum absolute atomic E-state index is 0.0570. The van der Waals surface area contributed by atoms with E-state index < -0.39 is 5.97 Å². The minimum Gasteiger partial charge on any atom is -0.489 e. The molecule has 0 aromatic heterocycles. The van der Waals surface area contributed by atoms with E-state index in [-0.39, 0.29) is 25.6 Å². The van der Waals surface area contributed by atoms with Gasteiger partial charge in [0.25, 0.3) is 0 Å². The van der Waals surface area contributed by atoms with Crippen LogP contribution in [0.1, 0.15) is 18.9 Å². The number of carbonyl (C=O) groups is 1. The van der Waals surface area contributed by atoms with Gasteiger partial charge in [-0.1, -0.05) is 61.2 Å². The molecule has 0 atom stereocenters. The third kappa shape index (κ3) is 6.05. The van der Waals surface area contributed by atoms with Crippen molar-refractivity contribution in [2.45, 2.75) is 19.8 Å². The third-order valence-electron chi connectivity index (χ3n) is 4.96. The summed E-state index contributed by atoms with van der Waals surface area (Å²) in [6.07, 6.45) is 1.29. The van der Waals surface area contributed by atoms with Crippen molar-refractivity contribution in [1.29, 1.82) is 0 Å². The van der Waals surface area contributed by atoms with Gasteiger partial charge in [0.15, 0.2) is 0 Å². The Morgan fingerprint density at radius 2 is 1.72 bits per heavy atom. The standard InChI is InChI=1S/C27H27FO4/c1-19(2)27(30)32-16-15-31-26-17-20(7-6-14-29)10-12-24(26)23-13-11-22(18-25(23)28)21-8-4-3-5-9-21/h3-5,8-13,17-18,29H,1,6-7,14-16H2,2H3. The van der Waals surface area contributed by atoms with Gasteiger partial charge >= 0.3 is 5.97 Å². The molecule has 3 aromatic carbocycles. The van der Waals surface area contributed by atoms with Crippen LogP contribution < -0.4 is 4.74 Å². The Bertz CT molecular complexity index is 1080. The molecular weight excluding hydrogens is 407 g/mol. The van der Waals surface area contributed by atoms with Gasteiger partial charge in [0, 0.05) is 23.3 Å². The molecule has 0 saturated heterocycles. The molecule has 32 heavy (non-hydrogen) atoms. The molecule has 0 aliphatic carbocycles. The smallest absolute Gasteiger partial charge is 0.333 e. The first-order valence-electron chi connectivity index (χ1n) is 10.5. The van der Waals surface area contributed by atoms with E-state index in [2.05, 4.69) is 6.58 Å². The van der Waals surface area contributed by atoms with Crippen LogP contribution in [0.5, 0.6) is 5.75 Å². The van der Waals surface area contributed by atoms with Crippen LogP contribution in [0.3, 0.4) is 0 Å². The second-order valence-corrected chi connectivity index (χ2v) is 7.48. The first-order chi connectivity index (χ1) is 15.5. The van der Waals surface area contributed by atoms with Crippen molar-refractivity contribution in [3.8, 4) is 28.0 Å². The van der Waals surface area contributed by atoms with Gasteiger partial charge in [-0.2, -0.15) is 0 Å². The molecule has 0 heterocycles. The van der Waals surface area contributed by atoms with Crippen molar-refractivity contribution in [1.82, 2.24) is 0 Å². The van der Waals surface area contributed by atoms with Crippen molar-refractivity contribution in [3.05, 3.63) is 90.3 Å². The lowest BCUT2D eigenvalue weighted by molar-refractivity contribution is -0.139. The van der Waals surface area contributed by atoms with Crippen molar-refractivity contribution < 1.29 is 23.8 Å². The summed E-state index contributed by atoms with van der Waals surface area (Å²) in [7, 11) is 0. The van der Waals surface area contributed by atoms with Crippen molar-refractivity contribution in [2.24, 2.45) is 0 Å². The number of carbonyl (C=O) groups excluding carboxylic acids is 1. The van der Waals surface area contributed by atoms with Crippen LogP contribution >= 0.6 is 0 Å². The lowest BCUT2D eigenvalue weighted by Gasteiger charge is -2.15. The van der Waals surface area contributed by atoms with Gasteiger partial charge in [-0.05, 0) is 48.6 Å². The zero-order valence-electron chi connectivity index (χ0n) is 18.1. The number of esters is 1. The third-order valence-corrected chi connectivity index (χ3v) is 4.96. The highest BCUT2D eigenvalue weighted by Gasteiger charge is 2.14. The molecule has 0 saturated carbocycles. The Kier molecular flexibility index (Phi) is 8.17. The summed E-state index contributed by atoms with van der Waals surface area (Å²) in [5, 5.41) is 9.12. The molecule has 0 fully saturated rings. The second kappa shape index (κ2) is 11.3. The predicted octanol–water partition coefficient (Wildman–Crippen LogP) is 5.58. The van der Waals surface area contributed by atoms with Crippen molar-refractivity contribution in [3.63, 3.8) is 0 Å². The monoisotopic (exact) mass is 434 g/mol. The van der Waals surface area contributed by atoms with Crippen LogP contribution in [0, 0.1) is 5.82 Å². The molecule has 4 nitrogen and oxygen atoms in total. The molecule has 1 N–H and O–H groups in total. The zero-order valence-corrected chi connectivity index (χ0v) is 18.1. The van der Waals surface area contributed by atoms with Crippen LogP contribution in [-0.4, -0.2) is 30.9 Å². The molecule has 166 valence electrons. The van der Waals surface area contributed by atoms with Gasteiger partial charge in [-0.15, -0.1) is 0 Å². The van der Waals surface area contributed by atoms with Gasteiger partial charge in [0.2, 0.25) is 0 Å². The van der Waals surface area contributed by atoms with Gasteiger partial charge in [0.05, 0.1) is 0 Å². The van der Waals surface area contributed by atoms with E-state index >= 15 is 4.39 Å². The van der Waals surface area contributed by atoms with Crippen molar-refractivity contribution >= 4 is 5.97 Å². The number of halogens is 1. The second-order valence-electron chi connectivity index (χ2n) is 7.48. The fourth-order valence-electron chi connectivity index (χ4n) is 3.30. The Hall–Kier alpha value is -3.44. The van der Waals surface area contributed by atoms with Crippen LogP contribution in [0.25, 0.3) is 22.3 Å². The van der Waals surface area contributed by atoms with Gasteiger partial charge < -0.3 is 14.6 Å². The Morgan fingerprint density at radius 1 is 0.969 bits per heavy atom. The molecule has 0 aliphatic rings. The molecule has 0 amide bonds. The van der Waals surface area contributed by atoms with E-state index in [1.807, 2.05) is 54.6 Å². The molecule has 0 unspecified atom stereocenters. The SMILES string of the molecule is C=C(C)C(=O)OCCOc1cc(CCCO)ccc1-c1ccc(-c2ccccc2)cc1F. The average molecular weight is 435 g/mol. The number of aliphatic hydroxyl groups is 1. The highest BCUT2D eigenvalue weighted by Crippen LogP contribution is 2.35. The predicted molar refractivity (Wildman–Crippen MR) is 124 cm³/mol. The number of aliphatic hydroxyl groups excluding tert-OH is 1. The highest BCUT2D eigenvalue weighted by atomic mass is 19.1.